The van der Waals surface area contributed by atoms with Crippen LogP contribution in [0.1, 0.15) is 6.92 Å². The molecule has 0 aliphatic carbocycles. The molecule has 0 aromatic heterocycles. The maximum absolute atomic E-state index is 3.31. The Morgan fingerprint density at radius 2 is 1.83 bits per heavy atom. The van der Waals surface area contributed by atoms with Crippen molar-refractivity contribution in [2.75, 3.05) is 0 Å². The van der Waals surface area contributed by atoms with Crippen molar-refractivity contribution in [3.63, 3.8) is 0 Å². The van der Waals surface area contributed by atoms with Crippen molar-refractivity contribution in [1.29, 1.82) is 0 Å². The standard InChI is InChI=1S/C12H6/c1-3-5-7-9-11-12-10-8-6-4-2/h9H,1H2,2H3. The minimum atomic E-state index is 1.49. The molecular formula is C12H6. The predicted octanol–water partition coefficient (Wildman–Crippen LogP) is 1.67. The van der Waals surface area contributed by atoms with Gasteiger partial charge in [-0.05, 0) is 42.9 Å². The Balaban J connectivity index is 4.26. The number of hydrogen-bond acceptors (Lipinski definition) is 0. The van der Waals surface area contributed by atoms with Gasteiger partial charge in [0.2, 0.25) is 0 Å². The lowest BCUT2D eigenvalue weighted by Crippen LogP contribution is -1.50. The Bertz CT molecular complexity index is 425. The van der Waals surface area contributed by atoms with Crippen LogP contribution in [0.25, 0.3) is 0 Å². The van der Waals surface area contributed by atoms with E-state index in [9.17, 15) is 0 Å². The fourth-order valence-corrected chi connectivity index (χ4v) is 0.320. The largest absolute Gasteiger partial charge is 0.0925 e. The molecule has 0 aliphatic heterocycles. The molecule has 0 heteroatoms. The van der Waals surface area contributed by atoms with E-state index in [2.05, 4.69) is 59.3 Å². The molecule has 0 radical (unpaired) electrons. The van der Waals surface area contributed by atoms with Gasteiger partial charge >= 0.3 is 0 Å². The van der Waals surface area contributed by atoms with E-state index in [1.807, 2.05) is 0 Å². The van der Waals surface area contributed by atoms with Crippen LogP contribution in [0, 0.1) is 35.5 Å². The van der Waals surface area contributed by atoms with Crippen molar-refractivity contribution in [2.45, 2.75) is 6.92 Å². The van der Waals surface area contributed by atoms with Gasteiger partial charge in [0.1, 0.15) is 0 Å². The zero-order chi connectivity index (χ0) is 9.07. The lowest BCUT2D eigenvalue weighted by Gasteiger charge is -1.54. The van der Waals surface area contributed by atoms with Gasteiger partial charge in [-0.3, -0.25) is 0 Å². The molecule has 0 saturated carbocycles. The summed E-state index contributed by atoms with van der Waals surface area (Å²) in [5.41, 5.74) is 7.52. The van der Waals surface area contributed by atoms with Crippen LogP contribution in [-0.2, 0) is 0 Å². The topological polar surface area (TPSA) is 0 Å². The SMILES string of the molecule is C=C=C=C=CC#CC#CC#CC. The van der Waals surface area contributed by atoms with Crippen molar-refractivity contribution in [1.82, 2.24) is 0 Å². The van der Waals surface area contributed by atoms with Crippen molar-refractivity contribution in [3.05, 3.63) is 29.8 Å². The van der Waals surface area contributed by atoms with E-state index < -0.39 is 0 Å². The van der Waals surface area contributed by atoms with Gasteiger partial charge in [-0.15, -0.1) is 0 Å². The second-order valence-electron chi connectivity index (χ2n) is 1.48. The lowest BCUT2D eigenvalue weighted by molar-refractivity contribution is 1.92. The summed E-state index contributed by atoms with van der Waals surface area (Å²) in [7, 11) is 0. The molecule has 0 saturated heterocycles. The molecule has 54 valence electrons. The van der Waals surface area contributed by atoms with Crippen molar-refractivity contribution in [3.8, 4) is 35.5 Å². The van der Waals surface area contributed by atoms with Gasteiger partial charge in [0.15, 0.2) is 0 Å². The second-order valence-corrected chi connectivity index (χ2v) is 1.48. The van der Waals surface area contributed by atoms with Gasteiger partial charge in [0, 0.05) is 6.08 Å². The first-order chi connectivity index (χ1) is 5.91. The van der Waals surface area contributed by atoms with Crippen molar-refractivity contribution in [2.24, 2.45) is 0 Å². The molecule has 0 heterocycles. The maximum atomic E-state index is 3.31. The molecule has 0 nitrogen and oxygen atoms in total. The highest BCUT2D eigenvalue weighted by molar-refractivity contribution is 5.37. The van der Waals surface area contributed by atoms with Crippen LogP contribution in [0.2, 0.25) is 0 Å². The van der Waals surface area contributed by atoms with Crippen LogP contribution in [0.4, 0.5) is 0 Å². The lowest BCUT2D eigenvalue weighted by atomic mass is 10.5. The van der Waals surface area contributed by atoms with E-state index in [-0.39, 0.29) is 0 Å². The Morgan fingerprint density at radius 1 is 1.08 bits per heavy atom. The summed E-state index contributed by atoms with van der Waals surface area (Å²) >= 11 is 0. The van der Waals surface area contributed by atoms with Crippen LogP contribution in [-0.4, -0.2) is 0 Å². The smallest absolute Gasteiger partial charge is 0.0403 e. The van der Waals surface area contributed by atoms with E-state index in [1.54, 1.807) is 6.92 Å². The third-order valence-corrected chi connectivity index (χ3v) is 0.690. The van der Waals surface area contributed by atoms with E-state index in [0.29, 0.717) is 0 Å². The van der Waals surface area contributed by atoms with Gasteiger partial charge in [-0.25, -0.2) is 0 Å². The summed E-state index contributed by atoms with van der Waals surface area (Å²) in [4.78, 5) is 0. The Labute approximate surface area is 73.0 Å². The average Bonchev–Trinajstić information content (AvgIpc) is 2.10. The number of rotatable bonds is 0. The summed E-state index contributed by atoms with van der Waals surface area (Å²) in [5, 5.41) is 0. The Morgan fingerprint density at radius 3 is 2.50 bits per heavy atom. The van der Waals surface area contributed by atoms with Crippen molar-refractivity contribution < 1.29 is 0 Å². The molecule has 0 atom stereocenters. The van der Waals surface area contributed by atoms with Crippen molar-refractivity contribution >= 4 is 0 Å². The molecule has 0 aromatic rings. The van der Waals surface area contributed by atoms with Gasteiger partial charge < -0.3 is 0 Å². The molecule has 0 bridgehead atoms. The maximum Gasteiger partial charge on any atom is 0.0403 e. The highest BCUT2D eigenvalue weighted by atomic mass is 13.5. The average molecular weight is 150 g/mol. The van der Waals surface area contributed by atoms with E-state index in [4.69, 9.17) is 0 Å². The van der Waals surface area contributed by atoms with Gasteiger partial charge in [0.25, 0.3) is 0 Å². The Hall–Kier alpha value is -2.24. The molecule has 0 N–H and O–H groups in total. The molecule has 0 aromatic carbocycles. The van der Waals surface area contributed by atoms with Gasteiger partial charge in [-0.2, -0.15) is 0 Å². The van der Waals surface area contributed by atoms with Crippen LogP contribution < -0.4 is 0 Å². The number of hydrogen-bond donors (Lipinski definition) is 0. The Kier molecular flexibility index (Phi) is 7.12. The molecule has 0 amide bonds. The van der Waals surface area contributed by atoms with Crippen LogP contribution in [0.5, 0.6) is 0 Å². The second kappa shape index (κ2) is 8.76. The first-order valence-electron chi connectivity index (χ1n) is 3.18. The summed E-state index contributed by atoms with van der Waals surface area (Å²) in [6, 6.07) is 0. The third-order valence-electron chi connectivity index (χ3n) is 0.690. The molecule has 0 spiro atoms. The highest BCUT2D eigenvalue weighted by Crippen LogP contribution is 1.60. The fraction of sp³-hybridized carbons (Fsp3) is 0.0833. The van der Waals surface area contributed by atoms with Gasteiger partial charge in [0.05, 0.1) is 0 Å². The van der Waals surface area contributed by atoms with E-state index in [1.165, 1.54) is 6.08 Å². The molecule has 0 rings (SSSR count). The predicted molar refractivity (Wildman–Crippen MR) is 49.7 cm³/mol. The zero-order valence-electron chi connectivity index (χ0n) is 6.78. The van der Waals surface area contributed by atoms with Crippen LogP contribution in [0.15, 0.2) is 29.8 Å². The minimum absolute atomic E-state index is 1.49. The van der Waals surface area contributed by atoms with Gasteiger partial charge in [-0.1, -0.05) is 23.3 Å². The highest BCUT2D eigenvalue weighted by Gasteiger charge is 1.52. The van der Waals surface area contributed by atoms with Crippen LogP contribution >= 0.6 is 0 Å². The van der Waals surface area contributed by atoms with E-state index in [0.717, 1.165) is 0 Å². The third kappa shape index (κ3) is 7.76. The quantitative estimate of drug-likeness (QED) is 0.364. The van der Waals surface area contributed by atoms with Crippen LogP contribution in [0.3, 0.4) is 0 Å². The molecule has 0 aliphatic rings. The molecule has 0 unspecified atom stereocenters. The number of allylic oxidation sites excluding steroid dienone is 1. The summed E-state index contributed by atoms with van der Waals surface area (Å²) in [5.74, 6) is 15.5. The first kappa shape index (κ1) is 9.76. The first-order valence-corrected chi connectivity index (χ1v) is 3.18. The summed E-state index contributed by atoms with van der Waals surface area (Å²) < 4.78 is 0. The monoisotopic (exact) mass is 150 g/mol. The minimum Gasteiger partial charge on any atom is -0.0925 e. The normalized spacial score (nSPS) is 4.08. The molecular weight excluding hydrogens is 144 g/mol. The molecule has 12 heavy (non-hydrogen) atoms. The zero-order valence-corrected chi connectivity index (χ0v) is 6.78. The summed E-state index contributed by atoms with van der Waals surface area (Å²) in [6.45, 7) is 5.03. The molecule has 0 fully saturated rings. The fourth-order valence-electron chi connectivity index (χ4n) is 0.320. The summed E-state index contributed by atoms with van der Waals surface area (Å²) in [6.07, 6.45) is 1.49. The van der Waals surface area contributed by atoms with E-state index >= 15 is 0 Å².